The van der Waals surface area contributed by atoms with Crippen LogP contribution in [0.25, 0.3) is 6.08 Å². The van der Waals surface area contributed by atoms with Gasteiger partial charge in [0.15, 0.2) is 38.7 Å². The van der Waals surface area contributed by atoms with Gasteiger partial charge in [-0.3, -0.25) is 14.4 Å². The minimum atomic E-state index is -0.397. The molecule has 0 radical (unpaired) electrons. The quantitative estimate of drug-likeness (QED) is 0.0543. The first-order valence-electron chi connectivity index (χ1n) is 15.2. The molecule has 0 bridgehead atoms. The van der Waals surface area contributed by atoms with Crippen LogP contribution >= 0.6 is 0 Å². The maximum absolute atomic E-state index is 12.5. The Morgan fingerprint density at radius 1 is 0.588 bits per heavy atom. The van der Waals surface area contributed by atoms with Gasteiger partial charge in [0.25, 0.3) is 0 Å². The maximum Gasteiger partial charge on any atom is 0.193 e. The molecule has 13 nitrogen and oxygen atoms in total. The number of allylic oxidation sites excluding steroid dienone is 1. The standard InChI is InChI=1S/C19H20O6.C12H16O6.C7H6O/c1-22-12-24-15-10-17(21)19(18(11-15)25-13-23-2)16(20)9-8-14-6-4-3-5-7-14;1-8(13)12-10(14)4-9(17-6-15-2)5-11(12)18-7-16-3;8-6-7-4-2-1-3-5-7/h3-11,21H,12-13H2,1-2H3;4-5,14H,6-7H2,1-3H3;1-6H/b9-8+;;. The number of phenols is 2. The monoisotopic (exact) mass is 706 g/mol. The van der Waals surface area contributed by atoms with Gasteiger partial charge >= 0.3 is 0 Å². The van der Waals surface area contributed by atoms with Crippen LogP contribution in [0.2, 0.25) is 0 Å². The zero-order valence-corrected chi connectivity index (χ0v) is 29.0. The Kier molecular flexibility index (Phi) is 19.2. The smallest absolute Gasteiger partial charge is 0.193 e. The lowest BCUT2D eigenvalue weighted by molar-refractivity contribution is 0.0448. The van der Waals surface area contributed by atoms with E-state index in [9.17, 15) is 24.6 Å². The van der Waals surface area contributed by atoms with Crippen molar-refractivity contribution in [3.05, 3.63) is 113 Å². The number of methoxy groups -OCH3 is 4. The van der Waals surface area contributed by atoms with Crippen LogP contribution < -0.4 is 18.9 Å². The van der Waals surface area contributed by atoms with E-state index in [-0.39, 0.29) is 67.1 Å². The number of aromatic hydroxyl groups is 2. The van der Waals surface area contributed by atoms with Crippen LogP contribution in [-0.2, 0) is 18.9 Å². The van der Waals surface area contributed by atoms with Crippen molar-refractivity contribution >= 4 is 23.9 Å². The summed E-state index contributed by atoms with van der Waals surface area (Å²) in [5.41, 5.74) is 1.73. The Balaban J connectivity index is 0.000000300. The molecule has 0 aliphatic rings. The summed E-state index contributed by atoms with van der Waals surface area (Å²) in [5.74, 6) is -0.141. The Bertz CT molecular complexity index is 1670. The van der Waals surface area contributed by atoms with E-state index >= 15 is 0 Å². The van der Waals surface area contributed by atoms with Crippen LogP contribution in [0.5, 0.6) is 34.5 Å². The predicted octanol–water partition coefficient (Wildman–Crippen LogP) is 6.31. The fourth-order valence-corrected chi connectivity index (χ4v) is 4.00. The zero-order valence-electron chi connectivity index (χ0n) is 29.0. The fourth-order valence-electron chi connectivity index (χ4n) is 4.00. The van der Waals surface area contributed by atoms with Crippen molar-refractivity contribution < 1.29 is 62.5 Å². The van der Waals surface area contributed by atoms with Gasteiger partial charge in [-0.15, -0.1) is 0 Å². The van der Waals surface area contributed by atoms with E-state index in [1.165, 1.54) is 65.7 Å². The third-order valence-electron chi connectivity index (χ3n) is 6.22. The summed E-state index contributed by atoms with van der Waals surface area (Å²) >= 11 is 0. The Hall–Kier alpha value is -5.73. The maximum atomic E-state index is 12.5. The third kappa shape index (κ3) is 14.7. The summed E-state index contributed by atoms with van der Waals surface area (Å²) in [4.78, 5) is 34.0. The lowest BCUT2D eigenvalue weighted by atomic mass is 10.1. The Labute approximate surface area is 296 Å². The van der Waals surface area contributed by atoms with E-state index in [4.69, 9.17) is 37.9 Å². The van der Waals surface area contributed by atoms with Gasteiger partial charge in [0.2, 0.25) is 0 Å². The molecule has 0 aliphatic heterocycles. The van der Waals surface area contributed by atoms with Gasteiger partial charge in [-0.2, -0.15) is 0 Å². The average Bonchev–Trinajstić information content (AvgIpc) is 3.14. The SMILES string of the molecule is COCOc1cc(O)c(C(=O)/C=C/c2ccccc2)c(OCOC)c1.COCOc1cc(O)c(C(C)=O)c(OCOC)c1.O=Cc1ccccc1. The van der Waals surface area contributed by atoms with E-state index in [2.05, 4.69) is 0 Å². The van der Waals surface area contributed by atoms with Crippen LogP contribution in [0, 0.1) is 0 Å². The summed E-state index contributed by atoms with van der Waals surface area (Å²) in [7, 11) is 5.88. The average molecular weight is 707 g/mol. The molecule has 0 amide bonds. The molecule has 0 aromatic heterocycles. The second-order valence-corrected chi connectivity index (χ2v) is 10.0. The van der Waals surface area contributed by atoms with Gasteiger partial charge in [-0.1, -0.05) is 66.7 Å². The molecule has 0 unspecified atom stereocenters. The molecule has 0 fully saturated rings. The first kappa shape index (κ1) is 41.4. The predicted molar refractivity (Wildman–Crippen MR) is 188 cm³/mol. The molecule has 13 heteroatoms. The van der Waals surface area contributed by atoms with Gasteiger partial charge in [-0.25, -0.2) is 0 Å². The summed E-state index contributed by atoms with van der Waals surface area (Å²) < 4.78 is 40.3. The van der Waals surface area contributed by atoms with Crippen LogP contribution in [0.3, 0.4) is 0 Å². The highest BCUT2D eigenvalue weighted by Crippen LogP contribution is 2.35. The van der Waals surface area contributed by atoms with Crippen molar-refractivity contribution in [2.24, 2.45) is 0 Å². The number of ether oxygens (including phenoxy) is 8. The normalized spacial score (nSPS) is 10.2. The molecule has 0 heterocycles. The lowest BCUT2D eigenvalue weighted by Gasteiger charge is -2.13. The van der Waals surface area contributed by atoms with Gasteiger partial charge in [0.1, 0.15) is 51.9 Å². The lowest BCUT2D eigenvalue weighted by Crippen LogP contribution is -2.06. The first-order valence-corrected chi connectivity index (χ1v) is 15.2. The van der Waals surface area contributed by atoms with Crippen LogP contribution in [0.1, 0.15) is 43.6 Å². The van der Waals surface area contributed by atoms with Crippen molar-refractivity contribution in [2.75, 3.05) is 55.6 Å². The topological polar surface area (TPSA) is 166 Å². The zero-order chi connectivity index (χ0) is 37.4. The van der Waals surface area contributed by atoms with E-state index in [0.29, 0.717) is 11.5 Å². The Morgan fingerprint density at radius 3 is 1.41 bits per heavy atom. The number of ketones is 2. The molecule has 0 aliphatic carbocycles. The number of rotatable bonds is 17. The molecule has 0 atom stereocenters. The minimum absolute atomic E-state index is 0.00433. The molecule has 4 aromatic rings. The van der Waals surface area contributed by atoms with Crippen LogP contribution in [0.15, 0.2) is 91.0 Å². The number of hydrogen-bond acceptors (Lipinski definition) is 13. The minimum Gasteiger partial charge on any atom is -0.507 e. The summed E-state index contributed by atoms with van der Waals surface area (Å²) in [6.07, 6.45) is 3.87. The number of Topliss-reactive ketones (excluding diaryl/α,β-unsaturated/α-hetero) is 1. The Morgan fingerprint density at radius 2 is 1.00 bits per heavy atom. The third-order valence-corrected chi connectivity index (χ3v) is 6.22. The van der Waals surface area contributed by atoms with Crippen molar-refractivity contribution in [2.45, 2.75) is 6.92 Å². The van der Waals surface area contributed by atoms with Gasteiger partial charge in [0, 0.05) is 58.3 Å². The summed E-state index contributed by atoms with van der Waals surface area (Å²) in [6.45, 7) is 1.26. The van der Waals surface area contributed by atoms with Crippen LogP contribution in [0.4, 0.5) is 0 Å². The molecule has 2 N–H and O–H groups in total. The number of aldehydes is 1. The van der Waals surface area contributed by atoms with E-state index in [1.54, 1.807) is 18.2 Å². The highest BCUT2D eigenvalue weighted by Gasteiger charge is 2.19. The molecule has 0 saturated carbocycles. The fraction of sp³-hybridized carbons (Fsp3) is 0.237. The summed E-state index contributed by atoms with van der Waals surface area (Å²) in [5, 5.41) is 20.0. The molecular formula is C38H42O13. The number of phenolic OH excluding ortho intramolecular Hbond substituents is 2. The molecular weight excluding hydrogens is 664 g/mol. The van der Waals surface area contributed by atoms with Gasteiger partial charge in [-0.05, 0) is 18.6 Å². The molecule has 4 rings (SSSR count). The second kappa shape index (κ2) is 23.6. The highest BCUT2D eigenvalue weighted by atomic mass is 16.7. The van der Waals surface area contributed by atoms with Crippen molar-refractivity contribution in [3.63, 3.8) is 0 Å². The summed E-state index contributed by atoms with van der Waals surface area (Å²) in [6, 6.07) is 24.1. The van der Waals surface area contributed by atoms with E-state index < -0.39 is 5.78 Å². The van der Waals surface area contributed by atoms with Gasteiger partial charge in [0.05, 0.1) is 0 Å². The number of benzene rings is 4. The second-order valence-electron chi connectivity index (χ2n) is 10.0. The van der Waals surface area contributed by atoms with Crippen molar-refractivity contribution in [1.82, 2.24) is 0 Å². The van der Waals surface area contributed by atoms with E-state index in [1.807, 2.05) is 48.5 Å². The number of hydrogen-bond donors (Lipinski definition) is 2. The molecule has 51 heavy (non-hydrogen) atoms. The highest BCUT2D eigenvalue weighted by molar-refractivity contribution is 6.10. The number of carbonyl (C=O) groups excluding carboxylic acids is 3. The molecule has 4 aromatic carbocycles. The molecule has 272 valence electrons. The van der Waals surface area contributed by atoms with Crippen molar-refractivity contribution in [1.29, 1.82) is 0 Å². The first-order chi connectivity index (χ1) is 24.7. The van der Waals surface area contributed by atoms with Gasteiger partial charge < -0.3 is 48.1 Å². The molecule has 0 spiro atoms. The molecule has 0 saturated heterocycles. The van der Waals surface area contributed by atoms with Crippen LogP contribution in [-0.4, -0.2) is 83.7 Å². The number of carbonyl (C=O) groups is 3. The van der Waals surface area contributed by atoms with E-state index in [0.717, 1.165) is 17.4 Å². The van der Waals surface area contributed by atoms with Crippen molar-refractivity contribution in [3.8, 4) is 34.5 Å². The largest absolute Gasteiger partial charge is 0.507 e.